The fourth-order valence-electron chi connectivity index (χ4n) is 2.03. The maximum absolute atomic E-state index is 11.9. The van der Waals surface area contributed by atoms with E-state index in [4.69, 9.17) is 11.6 Å². The minimum absolute atomic E-state index is 0.0770. The number of nitrogens with one attached hydrogen (secondary N) is 1. The molecule has 0 bridgehead atoms. The molecule has 2 unspecified atom stereocenters. The Balaban J connectivity index is 1.91. The maximum Gasteiger partial charge on any atom is 0.224 e. The number of carbonyl (C=O) groups is 1. The van der Waals surface area contributed by atoms with Crippen LogP contribution in [0.3, 0.4) is 0 Å². The summed E-state index contributed by atoms with van der Waals surface area (Å²) in [7, 11) is 0. The van der Waals surface area contributed by atoms with Crippen LogP contribution in [0.5, 0.6) is 0 Å². The maximum atomic E-state index is 11.9. The quantitative estimate of drug-likeness (QED) is 0.878. The van der Waals surface area contributed by atoms with Crippen molar-refractivity contribution in [1.29, 1.82) is 0 Å². The van der Waals surface area contributed by atoms with E-state index in [1.165, 1.54) is 0 Å². The first-order valence-corrected chi connectivity index (χ1v) is 6.40. The van der Waals surface area contributed by atoms with Crippen molar-refractivity contribution in [3.8, 4) is 0 Å². The molecule has 0 radical (unpaired) electrons. The van der Waals surface area contributed by atoms with Gasteiger partial charge in [0.1, 0.15) is 0 Å². The summed E-state index contributed by atoms with van der Waals surface area (Å²) in [4.78, 5) is 11.9. The van der Waals surface area contributed by atoms with Gasteiger partial charge in [-0.3, -0.25) is 4.79 Å². The molecule has 2 rings (SSSR count). The summed E-state index contributed by atoms with van der Waals surface area (Å²) in [6.45, 7) is 0. The Labute approximate surface area is 111 Å². The summed E-state index contributed by atoms with van der Waals surface area (Å²) >= 11 is 6.03. The van der Waals surface area contributed by atoms with Gasteiger partial charge >= 0.3 is 0 Å². The molecule has 0 saturated carbocycles. The Hall–Kier alpha value is -1.32. The number of carbonyl (C=O) groups excluding carboxylic acids is 1. The van der Waals surface area contributed by atoms with Gasteiger partial charge in [0.2, 0.25) is 5.91 Å². The van der Waals surface area contributed by atoms with Crippen LogP contribution in [-0.2, 0) is 11.2 Å². The second kappa shape index (κ2) is 6.03. The number of benzene rings is 1. The van der Waals surface area contributed by atoms with E-state index in [0.717, 1.165) is 5.56 Å². The fourth-order valence-corrected chi connectivity index (χ4v) is 2.26. The molecule has 3 nitrogen and oxygen atoms in total. The van der Waals surface area contributed by atoms with Crippen LogP contribution in [-0.4, -0.2) is 23.2 Å². The zero-order valence-electron chi connectivity index (χ0n) is 9.97. The molecule has 1 amide bonds. The zero-order valence-corrected chi connectivity index (χ0v) is 10.7. The van der Waals surface area contributed by atoms with Crippen LogP contribution in [0, 0.1) is 0 Å². The third-order valence-electron chi connectivity index (χ3n) is 2.97. The van der Waals surface area contributed by atoms with Gasteiger partial charge in [-0.05, 0) is 18.4 Å². The Morgan fingerprint density at radius 3 is 2.83 bits per heavy atom. The minimum atomic E-state index is -0.422. The second-order valence-electron chi connectivity index (χ2n) is 4.50. The summed E-state index contributed by atoms with van der Waals surface area (Å²) in [6, 6.07) is 9.28. The molecule has 0 spiro atoms. The van der Waals surface area contributed by atoms with Crippen LogP contribution < -0.4 is 5.32 Å². The van der Waals surface area contributed by atoms with E-state index in [2.05, 4.69) is 5.32 Å². The molecular weight excluding hydrogens is 250 g/mol. The highest BCUT2D eigenvalue weighted by atomic mass is 35.5. The number of hydrogen-bond acceptors (Lipinski definition) is 2. The minimum Gasteiger partial charge on any atom is -0.393 e. The van der Waals surface area contributed by atoms with Crippen molar-refractivity contribution in [2.24, 2.45) is 0 Å². The largest absolute Gasteiger partial charge is 0.393 e. The SMILES string of the molecule is O=C(Cc1ccccc1)NC1CC(O)CC=C1Cl. The third-order valence-corrected chi connectivity index (χ3v) is 3.39. The molecule has 1 aromatic carbocycles. The molecule has 4 heteroatoms. The highest BCUT2D eigenvalue weighted by molar-refractivity contribution is 6.30. The van der Waals surface area contributed by atoms with Gasteiger partial charge in [-0.2, -0.15) is 0 Å². The molecule has 0 aromatic heterocycles. The molecule has 1 aliphatic rings. The summed E-state index contributed by atoms with van der Waals surface area (Å²) < 4.78 is 0. The van der Waals surface area contributed by atoms with Gasteiger partial charge in [-0.15, -0.1) is 0 Å². The lowest BCUT2D eigenvalue weighted by atomic mass is 9.99. The topological polar surface area (TPSA) is 49.3 Å². The molecule has 0 aliphatic heterocycles. The smallest absolute Gasteiger partial charge is 0.224 e. The first kappa shape index (κ1) is 13.1. The van der Waals surface area contributed by atoms with Crippen LogP contribution >= 0.6 is 11.6 Å². The van der Waals surface area contributed by atoms with Crippen LogP contribution in [0.15, 0.2) is 41.4 Å². The lowest BCUT2D eigenvalue weighted by Gasteiger charge is -2.25. The summed E-state index contributed by atoms with van der Waals surface area (Å²) in [5.74, 6) is -0.0770. The Morgan fingerprint density at radius 2 is 2.11 bits per heavy atom. The standard InChI is InChI=1S/C14H16ClNO2/c15-12-7-6-11(17)9-13(12)16-14(18)8-10-4-2-1-3-5-10/h1-5,7,11,13,17H,6,8-9H2,(H,16,18). The van der Waals surface area contributed by atoms with Gasteiger partial charge < -0.3 is 10.4 Å². The highest BCUT2D eigenvalue weighted by Crippen LogP contribution is 2.21. The first-order valence-electron chi connectivity index (χ1n) is 6.02. The van der Waals surface area contributed by atoms with Crippen molar-refractivity contribution in [2.75, 3.05) is 0 Å². The van der Waals surface area contributed by atoms with Gasteiger partial charge in [-0.1, -0.05) is 48.0 Å². The van der Waals surface area contributed by atoms with Gasteiger partial charge in [0.25, 0.3) is 0 Å². The van der Waals surface area contributed by atoms with Crippen LogP contribution in [0.25, 0.3) is 0 Å². The van der Waals surface area contributed by atoms with Gasteiger partial charge in [0, 0.05) is 5.03 Å². The van der Waals surface area contributed by atoms with Crippen molar-refractivity contribution < 1.29 is 9.90 Å². The first-order chi connectivity index (χ1) is 8.65. The molecule has 96 valence electrons. The molecular formula is C14H16ClNO2. The molecule has 18 heavy (non-hydrogen) atoms. The average molecular weight is 266 g/mol. The molecule has 2 atom stereocenters. The van der Waals surface area contributed by atoms with Gasteiger partial charge in [-0.25, -0.2) is 0 Å². The molecule has 1 aliphatic carbocycles. The lowest BCUT2D eigenvalue weighted by Crippen LogP contribution is -2.40. The normalized spacial score (nSPS) is 23.3. The van der Waals surface area contributed by atoms with Crippen molar-refractivity contribution in [3.05, 3.63) is 47.0 Å². The highest BCUT2D eigenvalue weighted by Gasteiger charge is 2.23. The molecule has 0 heterocycles. The number of aliphatic hydroxyl groups excluding tert-OH is 1. The fraction of sp³-hybridized carbons (Fsp3) is 0.357. The van der Waals surface area contributed by atoms with Crippen molar-refractivity contribution in [1.82, 2.24) is 5.32 Å². The van der Waals surface area contributed by atoms with E-state index in [1.807, 2.05) is 30.3 Å². The van der Waals surface area contributed by atoms with Crippen LogP contribution in [0.1, 0.15) is 18.4 Å². The van der Waals surface area contributed by atoms with E-state index in [-0.39, 0.29) is 11.9 Å². The summed E-state index contributed by atoms with van der Waals surface area (Å²) in [6.07, 6.45) is 2.72. The Kier molecular flexibility index (Phi) is 4.39. The van der Waals surface area contributed by atoms with E-state index in [1.54, 1.807) is 6.08 Å². The average Bonchev–Trinajstić information content (AvgIpc) is 2.35. The zero-order chi connectivity index (χ0) is 13.0. The molecule has 1 aromatic rings. The van der Waals surface area contributed by atoms with Gasteiger partial charge in [0.05, 0.1) is 18.6 Å². The Morgan fingerprint density at radius 1 is 1.39 bits per heavy atom. The van der Waals surface area contributed by atoms with Crippen LogP contribution in [0.2, 0.25) is 0 Å². The van der Waals surface area contributed by atoms with Crippen molar-refractivity contribution >= 4 is 17.5 Å². The molecule has 0 fully saturated rings. The van der Waals surface area contributed by atoms with Crippen molar-refractivity contribution in [3.63, 3.8) is 0 Å². The van der Waals surface area contributed by atoms with E-state index < -0.39 is 6.10 Å². The Bertz CT molecular complexity index is 444. The molecule has 2 N–H and O–H groups in total. The number of rotatable bonds is 3. The number of amides is 1. The number of hydrogen-bond donors (Lipinski definition) is 2. The van der Waals surface area contributed by atoms with Gasteiger partial charge in [0.15, 0.2) is 0 Å². The summed E-state index contributed by atoms with van der Waals surface area (Å²) in [5, 5.41) is 13.0. The predicted molar refractivity (Wildman–Crippen MR) is 71.3 cm³/mol. The third kappa shape index (κ3) is 3.59. The predicted octanol–water partition coefficient (Wildman–Crippen LogP) is 1.99. The molecule has 0 saturated heterocycles. The number of aliphatic hydroxyl groups is 1. The van der Waals surface area contributed by atoms with E-state index in [0.29, 0.717) is 24.3 Å². The van der Waals surface area contributed by atoms with Crippen LogP contribution in [0.4, 0.5) is 0 Å². The summed E-state index contributed by atoms with van der Waals surface area (Å²) in [5.41, 5.74) is 0.964. The van der Waals surface area contributed by atoms with E-state index in [9.17, 15) is 9.90 Å². The van der Waals surface area contributed by atoms with E-state index >= 15 is 0 Å². The lowest BCUT2D eigenvalue weighted by molar-refractivity contribution is -0.121. The number of halogens is 1. The monoisotopic (exact) mass is 265 g/mol. The van der Waals surface area contributed by atoms with Crippen molar-refractivity contribution in [2.45, 2.75) is 31.4 Å². The second-order valence-corrected chi connectivity index (χ2v) is 4.93.